The zero-order valence-electron chi connectivity index (χ0n) is 34.0. The van der Waals surface area contributed by atoms with E-state index < -0.39 is 0 Å². The maximum absolute atomic E-state index is 2.42. The molecule has 0 saturated heterocycles. The fourth-order valence-corrected chi connectivity index (χ4v) is 9.70. The Morgan fingerprint density at radius 1 is 0.274 bits per heavy atom. The van der Waals surface area contributed by atoms with Crippen molar-refractivity contribution in [3.63, 3.8) is 0 Å². The van der Waals surface area contributed by atoms with Gasteiger partial charge < -0.3 is 9.47 Å². The van der Waals surface area contributed by atoms with Gasteiger partial charge in [-0.2, -0.15) is 0 Å². The summed E-state index contributed by atoms with van der Waals surface area (Å²) in [4.78, 5) is 2.39. The van der Waals surface area contributed by atoms with Crippen molar-refractivity contribution >= 4 is 71.2 Å². The van der Waals surface area contributed by atoms with Crippen LogP contribution in [0.5, 0.6) is 0 Å². The van der Waals surface area contributed by atoms with Crippen LogP contribution in [0.25, 0.3) is 93.2 Å². The molecular formula is C60H40N2. The van der Waals surface area contributed by atoms with Crippen molar-refractivity contribution in [2.24, 2.45) is 0 Å². The van der Waals surface area contributed by atoms with Crippen LogP contribution in [0.1, 0.15) is 0 Å². The van der Waals surface area contributed by atoms with E-state index in [9.17, 15) is 0 Å². The molecule has 0 unspecified atom stereocenters. The van der Waals surface area contributed by atoms with E-state index >= 15 is 0 Å². The van der Waals surface area contributed by atoms with E-state index in [4.69, 9.17) is 0 Å². The molecule has 0 spiro atoms. The van der Waals surface area contributed by atoms with Gasteiger partial charge in [0, 0.05) is 33.5 Å². The number of para-hydroxylation sites is 1. The van der Waals surface area contributed by atoms with E-state index in [0.717, 1.165) is 22.7 Å². The fraction of sp³-hybridized carbons (Fsp3) is 0. The first-order valence-electron chi connectivity index (χ1n) is 21.3. The number of hydrogen-bond acceptors (Lipinski definition) is 1. The minimum absolute atomic E-state index is 1.09. The largest absolute Gasteiger partial charge is 0.310 e. The molecular weight excluding hydrogens is 749 g/mol. The fourth-order valence-electron chi connectivity index (χ4n) is 9.70. The maximum Gasteiger partial charge on any atom is 0.0547 e. The second kappa shape index (κ2) is 14.8. The Labute approximate surface area is 360 Å². The molecule has 0 aliphatic carbocycles. The number of hydrogen-bond donors (Lipinski definition) is 0. The highest BCUT2D eigenvalue weighted by atomic mass is 15.1. The van der Waals surface area contributed by atoms with Crippen molar-refractivity contribution in [1.29, 1.82) is 0 Å². The average molecular weight is 789 g/mol. The van der Waals surface area contributed by atoms with E-state index in [1.807, 2.05) is 0 Å². The summed E-state index contributed by atoms with van der Waals surface area (Å²) < 4.78 is 2.42. The van der Waals surface area contributed by atoms with Crippen LogP contribution in [-0.2, 0) is 0 Å². The lowest BCUT2D eigenvalue weighted by Crippen LogP contribution is -2.10. The third-order valence-electron chi connectivity index (χ3n) is 12.5. The van der Waals surface area contributed by atoms with Crippen molar-refractivity contribution in [1.82, 2.24) is 4.57 Å². The zero-order valence-corrected chi connectivity index (χ0v) is 34.0. The van der Waals surface area contributed by atoms with Gasteiger partial charge in [0.2, 0.25) is 0 Å². The number of aromatic nitrogens is 1. The number of nitrogens with zero attached hydrogens (tertiary/aromatic N) is 2. The van der Waals surface area contributed by atoms with Gasteiger partial charge in [-0.1, -0.05) is 176 Å². The Morgan fingerprint density at radius 2 is 0.839 bits per heavy atom. The summed E-state index contributed by atoms with van der Waals surface area (Å²) in [6.45, 7) is 0. The lowest BCUT2D eigenvalue weighted by molar-refractivity contribution is 1.18. The standard InChI is InChI=1S/C60H40N2/c1-3-15-41(16-4-1)42-29-34-48(35-30-42)61(49-36-31-44(32-37-49)56-40-46-18-8-9-23-51(46)54-25-11-12-26-55(54)56)50-22-13-19-45(39-50)53-27-14-28-57-60(53)59-52-24-10-7-17-43(52)33-38-58(59)62(57)47-20-5-2-6-21-47/h1-40H. The Morgan fingerprint density at radius 3 is 1.60 bits per heavy atom. The minimum Gasteiger partial charge on any atom is -0.310 e. The van der Waals surface area contributed by atoms with Crippen LogP contribution in [0.2, 0.25) is 0 Å². The van der Waals surface area contributed by atoms with Crippen LogP contribution >= 0.6 is 0 Å². The third kappa shape index (κ3) is 5.96. The molecule has 1 aromatic heterocycles. The van der Waals surface area contributed by atoms with Crippen LogP contribution in [-0.4, -0.2) is 4.57 Å². The first kappa shape index (κ1) is 35.7. The lowest BCUT2D eigenvalue weighted by atomic mass is 9.93. The Bertz CT molecular complexity index is 3600. The van der Waals surface area contributed by atoms with E-state index in [-0.39, 0.29) is 0 Å². The molecule has 1 heterocycles. The predicted octanol–water partition coefficient (Wildman–Crippen LogP) is 16.7. The number of benzene rings is 11. The number of anilines is 3. The van der Waals surface area contributed by atoms with Crippen molar-refractivity contribution in [3.8, 4) is 39.1 Å². The van der Waals surface area contributed by atoms with Crippen molar-refractivity contribution in [3.05, 3.63) is 243 Å². The molecule has 12 aromatic rings. The highest BCUT2D eigenvalue weighted by Crippen LogP contribution is 2.44. The summed E-state index contributed by atoms with van der Waals surface area (Å²) in [6.07, 6.45) is 0. The molecule has 2 nitrogen and oxygen atoms in total. The smallest absolute Gasteiger partial charge is 0.0547 e. The van der Waals surface area contributed by atoms with Crippen molar-refractivity contribution in [2.45, 2.75) is 0 Å². The second-order valence-corrected chi connectivity index (χ2v) is 16.1. The van der Waals surface area contributed by atoms with Gasteiger partial charge >= 0.3 is 0 Å². The monoisotopic (exact) mass is 788 g/mol. The SMILES string of the molecule is c1ccc(-c2ccc(N(c3ccc(-c4cc5ccccc5c5ccccc45)cc3)c3cccc(-c4cccc5c4c4c6ccccc6ccc4n5-c4ccccc4)c3)cc2)cc1. The third-order valence-corrected chi connectivity index (χ3v) is 12.5. The van der Waals surface area contributed by atoms with Gasteiger partial charge in [0.1, 0.15) is 0 Å². The second-order valence-electron chi connectivity index (χ2n) is 16.1. The molecule has 0 saturated carbocycles. The van der Waals surface area contributed by atoms with Crippen LogP contribution in [0.3, 0.4) is 0 Å². The molecule has 0 amide bonds. The van der Waals surface area contributed by atoms with E-state index in [1.54, 1.807) is 0 Å². The van der Waals surface area contributed by atoms with E-state index in [1.165, 1.54) is 87.5 Å². The minimum atomic E-state index is 1.09. The quantitative estimate of drug-likeness (QED) is 0.146. The summed E-state index contributed by atoms with van der Waals surface area (Å²) in [5.74, 6) is 0. The number of fused-ring (bicyclic) bond motifs is 8. The Kier molecular flexibility index (Phi) is 8.53. The molecule has 2 heteroatoms. The van der Waals surface area contributed by atoms with Gasteiger partial charge in [-0.05, 0) is 132 Å². The average Bonchev–Trinajstić information content (AvgIpc) is 3.70. The summed E-state index contributed by atoms with van der Waals surface area (Å²) in [7, 11) is 0. The van der Waals surface area contributed by atoms with Gasteiger partial charge in [0.15, 0.2) is 0 Å². The zero-order chi connectivity index (χ0) is 41.0. The first-order valence-corrected chi connectivity index (χ1v) is 21.3. The molecule has 0 aliphatic rings. The van der Waals surface area contributed by atoms with E-state index in [0.29, 0.717) is 0 Å². The van der Waals surface area contributed by atoms with Crippen LogP contribution < -0.4 is 4.90 Å². The Balaban J connectivity index is 1.03. The van der Waals surface area contributed by atoms with Gasteiger partial charge in [-0.25, -0.2) is 0 Å². The van der Waals surface area contributed by atoms with Crippen molar-refractivity contribution in [2.75, 3.05) is 4.90 Å². The molecule has 12 rings (SSSR count). The predicted molar refractivity (Wildman–Crippen MR) is 264 cm³/mol. The first-order chi connectivity index (χ1) is 30.8. The summed E-state index contributed by atoms with van der Waals surface area (Å²) in [6, 6.07) is 88.4. The molecule has 0 bridgehead atoms. The normalized spacial score (nSPS) is 11.5. The van der Waals surface area contributed by atoms with Gasteiger partial charge in [-0.15, -0.1) is 0 Å². The summed E-state index contributed by atoms with van der Waals surface area (Å²) in [5.41, 5.74) is 14.0. The highest BCUT2D eigenvalue weighted by molar-refractivity contribution is 6.25. The molecule has 0 fully saturated rings. The maximum atomic E-state index is 2.42. The highest BCUT2D eigenvalue weighted by Gasteiger charge is 2.20. The molecule has 0 radical (unpaired) electrons. The molecule has 0 N–H and O–H groups in total. The van der Waals surface area contributed by atoms with Gasteiger partial charge in [0.25, 0.3) is 0 Å². The number of rotatable bonds is 7. The Hall–Kier alpha value is -8.20. The van der Waals surface area contributed by atoms with Gasteiger partial charge in [-0.3, -0.25) is 0 Å². The molecule has 0 atom stereocenters. The molecule has 11 aromatic carbocycles. The van der Waals surface area contributed by atoms with Crippen LogP contribution in [0, 0.1) is 0 Å². The topological polar surface area (TPSA) is 8.17 Å². The molecule has 0 aliphatic heterocycles. The van der Waals surface area contributed by atoms with E-state index in [2.05, 4.69) is 252 Å². The van der Waals surface area contributed by atoms with Crippen molar-refractivity contribution < 1.29 is 0 Å². The van der Waals surface area contributed by atoms with Gasteiger partial charge in [0.05, 0.1) is 11.0 Å². The summed E-state index contributed by atoms with van der Waals surface area (Å²) >= 11 is 0. The molecule has 290 valence electrons. The van der Waals surface area contributed by atoms with Crippen LogP contribution in [0.4, 0.5) is 17.1 Å². The van der Waals surface area contributed by atoms with Crippen LogP contribution in [0.15, 0.2) is 243 Å². The molecule has 62 heavy (non-hydrogen) atoms. The lowest BCUT2D eigenvalue weighted by Gasteiger charge is -2.26. The summed E-state index contributed by atoms with van der Waals surface area (Å²) in [5, 5.41) is 10.1.